The normalized spacial score (nSPS) is 20.3. The zero-order chi connectivity index (χ0) is 13.0. The smallest absolute Gasteiger partial charge is 0.176 e. The number of hydrogen-bond acceptors (Lipinski definition) is 4. The van der Waals surface area contributed by atoms with Crippen molar-refractivity contribution < 1.29 is 4.79 Å². The van der Waals surface area contributed by atoms with Crippen LogP contribution in [0.5, 0.6) is 0 Å². The molecule has 1 saturated heterocycles. The summed E-state index contributed by atoms with van der Waals surface area (Å²) in [5.74, 6) is 0.119. The van der Waals surface area contributed by atoms with E-state index < -0.39 is 0 Å². The van der Waals surface area contributed by atoms with Gasteiger partial charge in [0, 0.05) is 31.2 Å². The van der Waals surface area contributed by atoms with Crippen LogP contribution >= 0.6 is 0 Å². The van der Waals surface area contributed by atoms with E-state index in [1.165, 1.54) is 0 Å². The highest BCUT2D eigenvalue weighted by atomic mass is 16.1. The van der Waals surface area contributed by atoms with Crippen molar-refractivity contribution in [1.29, 1.82) is 5.26 Å². The minimum Gasteiger partial charge on any atom is -0.314 e. The van der Waals surface area contributed by atoms with Crippen LogP contribution in [0.1, 0.15) is 22.8 Å². The molecule has 1 aliphatic rings. The van der Waals surface area contributed by atoms with Crippen LogP contribution < -0.4 is 5.32 Å². The SMILES string of the molecule is CC1CNCCN1CC(=O)c1ccc(C#N)cc1. The zero-order valence-electron chi connectivity index (χ0n) is 10.5. The average molecular weight is 243 g/mol. The molecule has 1 aliphatic heterocycles. The summed E-state index contributed by atoms with van der Waals surface area (Å²) >= 11 is 0. The molecule has 0 amide bonds. The number of hydrogen-bond donors (Lipinski definition) is 1. The van der Waals surface area contributed by atoms with Crippen LogP contribution in [-0.2, 0) is 0 Å². The van der Waals surface area contributed by atoms with Crippen LogP contribution in [0, 0.1) is 11.3 Å². The summed E-state index contributed by atoms with van der Waals surface area (Å²) in [4.78, 5) is 14.3. The highest BCUT2D eigenvalue weighted by molar-refractivity contribution is 5.97. The van der Waals surface area contributed by atoms with E-state index in [1.54, 1.807) is 24.3 Å². The molecular formula is C14H17N3O. The zero-order valence-corrected chi connectivity index (χ0v) is 10.5. The van der Waals surface area contributed by atoms with E-state index in [1.807, 2.05) is 0 Å². The largest absolute Gasteiger partial charge is 0.314 e. The van der Waals surface area contributed by atoms with Gasteiger partial charge in [0.1, 0.15) is 0 Å². The lowest BCUT2D eigenvalue weighted by Gasteiger charge is -2.33. The fraction of sp³-hybridized carbons (Fsp3) is 0.429. The van der Waals surface area contributed by atoms with Gasteiger partial charge in [-0.05, 0) is 19.1 Å². The summed E-state index contributed by atoms with van der Waals surface area (Å²) in [5, 5.41) is 12.0. The number of nitrogens with zero attached hydrogens (tertiary/aromatic N) is 2. The summed E-state index contributed by atoms with van der Waals surface area (Å²) in [6.45, 7) is 5.35. The second-order valence-electron chi connectivity index (χ2n) is 4.64. The van der Waals surface area contributed by atoms with Gasteiger partial charge in [0.25, 0.3) is 0 Å². The number of benzene rings is 1. The Morgan fingerprint density at radius 2 is 2.22 bits per heavy atom. The molecule has 1 fully saturated rings. The van der Waals surface area contributed by atoms with Crippen LogP contribution in [-0.4, -0.2) is 42.9 Å². The first-order valence-corrected chi connectivity index (χ1v) is 6.19. The number of rotatable bonds is 3. The van der Waals surface area contributed by atoms with Gasteiger partial charge in [0.05, 0.1) is 18.2 Å². The Balaban J connectivity index is 2.00. The van der Waals surface area contributed by atoms with E-state index in [4.69, 9.17) is 5.26 Å². The first-order valence-electron chi connectivity index (χ1n) is 6.19. The molecule has 0 bridgehead atoms. The molecule has 4 heteroatoms. The van der Waals surface area contributed by atoms with Crippen molar-refractivity contribution >= 4 is 5.78 Å². The van der Waals surface area contributed by atoms with E-state index in [9.17, 15) is 4.79 Å². The molecule has 1 aromatic rings. The maximum atomic E-state index is 12.1. The van der Waals surface area contributed by atoms with Crippen LogP contribution in [0.15, 0.2) is 24.3 Å². The maximum absolute atomic E-state index is 12.1. The van der Waals surface area contributed by atoms with Crippen molar-refractivity contribution in [2.24, 2.45) is 0 Å². The molecule has 94 valence electrons. The van der Waals surface area contributed by atoms with Gasteiger partial charge in [-0.1, -0.05) is 12.1 Å². The van der Waals surface area contributed by atoms with Crippen LogP contribution in [0.2, 0.25) is 0 Å². The van der Waals surface area contributed by atoms with Crippen LogP contribution in [0.25, 0.3) is 0 Å². The van der Waals surface area contributed by atoms with Gasteiger partial charge in [-0.3, -0.25) is 9.69 Å². The van der Waals surface area contributed by atoms with E-state index >= 15 is 0 Å². The molecule has 18 heavy (non-hydrogen) atoms. The molecule has 4 nitrogen and oxygen atoms in total. The Hall–Kier alpha value is -1.70. The van der Waals surface area contributed by atoms with Crippen molar-refractivity contribution in [2.45, 2.75) is 13.0 Å². The van der Waals surface area contributed by atoms with Crippen molar-refractivity contribution in [1.82, 2.24) is 10.2 Å². The lowest BCUT2D eigenvalue weighted by atomic mass is 10.1. The molecule has 1 atom stereocenters. The number of nitrogens with one attached hydrogen (secondary N) is 1. The second-order valence-corrected chi connectivity index (χ2v) is 4.64. The van der Waals surface area contributed by atoms with Crippen molar-refractivity contribution in [3.05, 3.63) is 35.4 Å². The Bertz CT molecular complexity index is 461. The lowest BCUT2D eigenvalue weighted by molar-refractivity contribution is 0.0875. The molecule has 0 saturated carbocycles. The third-order valence-electron chi connectivity index (χ3n) is 3.32. The Kier molecular flexibility index (Phi) is 4.08. The molecule has 1 heterocycles. The van der Waals surface area contributed by atoms with Gasteiger partial charge in [0.15, 0.2) is 5.78 Å². The van der Waals surface area contributed by atoms with Gasteiger partial charge < -0.3 is 5.32 Å². The van der Waals surface area contributed by atoms with Crippen molar-refractivity contribution in [3.63, 3.8) is 0 Å². The fourth-order valence-electron chi connectivity index (χ4n) is 2.12. The van der Waals surface area contributed by atoms with Crippen LogP contribution in [0.4, 0.5) is 0 Å². The van der Waals surface area contributed by atoms with Crippen molar-refractivity contribution in [2.75, 3.05) is 26.2 Å². The Labute approximate surface area is 107 Å². The number of ketones is 1. The first-order chi connectivity index (χ1) is 8.70. The topological polar surface area (TPSA) is 56.1 Å². The van der Waals surface area contributed by atoms with E-state index in [-0.39, 0.29) is 5.78 Å². The van der Waals surface area contributed by atoms with Gasteiger partial charge in [-0.2, -0.15) is 5.26 Å². The molecular weight excluding hydrogens is 226 g/mol. The lowest BCUT2D eigenvalue weighted by Crippen LogP contribution is -2.51. The van der Waals surface area contributed by atoms with Gasteiger partial charge in [-0.15, -0.1) is 0 Å². The number of carbonyl (C=O) groups is 1. The summed E-state index contributed by atoms with van der Waals surface area (Å²) in [6, 6.07) is 9.28. The highest BCUT2D eigenvalue weighted by Gasteiger charge is 2.20. The monoisotopic (exact) mass is 243 g/mol. The number of Topliss-reactive ketones (excluding diaryl/α,β-unsaturated/α-hetero) is 1. The van der Waals surface area contributed by atoms with Crippen LogP contribution in [0.3, 0.4) is 0 Å². The average Bonchev–Trinajstić information content (AvgIpc) is 2.41. The Morgan fingerprint density at radius 1 is 1.50 bits per heavy atom. The predicted octanol–water partition coefficient (Wildman–Crippen LogP) is 1.03. The summed E-state index contributed by atoms with van der Waals surface area (Å²) in [5.41, 5.74) is 1.27. The van der Waals surface area contributed by atoms with Crippen molar-refractivity contribution in [3.8, 4) is 6.07 Å². The molecule has 0 aliphatic carbocycles. The molecule has 0 radical (unpaired) electrons. The third-order valence-corrected chi connectivity index (χ3v) is 3.32. The number of piperazine rings is 1. The third kappa shape index (κ3) is 2.95. The van der Waals surface area contributed by atoms with Gasteiger partial charge in [0.2, 0.25) is 0 Å². The van der Waals surface area contributed by atoms with E-state index in [0.717, 1.165) is 19.6 Å². The molecule has 0 aromatic heterocycles. The molecule has 1 unspecified atom stereocenters. The quantitative estimate of drug-likeness (QED) is 0.806. The summed E-state index contributed by atoms with van der Waals surface area (Å²) in [6.07, 6.45) is 0. The summed E-state index contributed by atoms with van der Waals surface area (Å²) < 4.78 is 0. The number of nitriles is 1. The molecule has 1 N–H and O–H groups in total. The minimum absolute atomic E-state index is 0.119. The Morgan fingerprint density at radius 3 is 2.83 bits per heavy atom. The fourth-order valence-corrected chi connectivity index (χ4v) is 2.12. The predicted molar refractivity (Wildman–Crippen MR) is 69.4 cm³/mol. The number of carbonyl (C=O) groups excluding carboxylic acids is 1. The molecule has 1 aromatic carbocycles. The molecule has 0 spiro atoms. The van der Waals surface area contributed by atoms with E-state index in [0.29, 0.717) is 23.7 Å². The first kappa shape index (κ1) is 12.7. The maximum Gasteiger partial charge on any atom is 0.176 e. The minimum atomic E-state index is 0.119. The highest BCUT2D eigenvalue weighted by Crippen LogP contribution is 2.08. The second kappa shape index (κ2) is 5.76. The van der Waals surface area contributed by atoms with E-state index in [2.05, 4.69) is 23.2 Å². The standard InChI is InChI=1S/C14H17N3O/c1-11-9-16-6-7-17(11)10-14(18)13-4-2-12(8-15)3-5-13/h2-5,11,16H,6-7,9-10H2,1H3. The molecule has 2 rings (SSSR count). The van der Waals surface area contributed by atoms with Gasteiger partial charge >= 0.3 is 0 Å². The van der Waals surface area contributed by atoms with Gasteiger partial charge in [-0.25, -0.2) is 0 Å². The summed E-state index contributed by atoms with van der Waals surface area (Å²) in [7, 11) is 0.